The van der Waals surface area contributed by atoms with Crippen LogP contribution in [-0.4, -0.2) is 37.9 Å². The Morgan fingerprint density at radius 1 is 1.38 bits per heavy atom. The number of ketones is 1. The molecule has 86 valence electrons. The number of nitrogens with zero attached hydrogens (tertiary/aromatic N) is 1. The predicted molar refractivity (Wildman–Crippen MR) is 65.9 cm³/mol. The maximum absolute atomic E-state index is 12.1. The van der Waals surface area contributed by atoms with Gasteiger partial charge in [0.25, 0.3) is 0 Å². The van der Waals surface area contributed by atoms with Gasteiger partial charge < -0.3 is 10.2 Å². The van der Waals surface area contributed by atoms with E-state index >= 15 is 0 Å². The van der Waals surface area contributed by atoms with E-state index in [1.807, 2.05) is 31.3 Å². The van der Waals surface area contributed by atoms with Crippen molar-refractivity contribution in [3.63, 3.8) is 0 Å². The summed E-state index contributed by atoms with van der Waals surface area (Å²) in [4.78, 5) is 14.4. The van der Waals surface area contributed by atoms with Gasteiger partial charge in [-0.3, -0.25) is 4.79 Å². The van der Waals surface area contributed by atoms with Crippen molar-refractivity contribution in [3.05, 3.63) is 29.8 Å². The molecule has 0 aromatic heterocycles. The summed E-state index contributed by atoms with van der Waals surface area (Å²) >= 11 is 0. The largest absolute Gasteiger partial charge is 0.388 e. The van der Waals surface area contributed by atoms with Gasteiger partial charge in [0.2, 0.25) is 0 Å². The van der Waals surface area contributed by atoms with Crippen LogP contribution in [0.15, 0.2) is 24.3 Å². The predicted octanol–water partition coefficient (Wildman–Crippen LogP) is 1.86. The molecule has 0 aliphatic carbocycles. The summed E-state index contributed by atoms with van der Waals surface area (Å²) in [5, 5.41) is 3.05. The van der Waals surface area contributed by atoms with E-state index in [9.17, 15) is 4.79 Å². The van der Waals surface area contributed by atoms with Gasteiger partial charge in [-0.2, -0.15) is 0 Å². The van der Waals surface area contributed by atoms with Crippen LogP contribution in [0.4, 0.5) is 5.69 Å². The van der Waals surface area contributed by atoms with Crippen LogP contribution in [0.2, 0.25) is 0 Å². The van der Waals surface area contributed by atoms with Gasteiger partial charge in [0, 0.05) is 30.8 Å². The Hall–Kier alpha value is -1.35. The number of rotatable bonds is 3. The van der Waals surface area contributed by atoms with E-state index in [2.05, 4.69) is 17.3 Å². The van der Waals surface area contributed by atoms with Crippen molar-refractivity contribution in [3.8, 4) is 0 Å². The van der Waals surface area contributed by atoms with Gasteiger partial charge in [-0.05, 0) is 44.3 Å². The fourth-order valence-corrected chi connectivity index (χ4v) is 2.19. The molecule has 3 nitrogen and oxygen atoms in total. The van der Waals surface area contributed by atoms with Crippen LogP contribution in [0.5, 0.6) is 0 Å². The van der Waals surface area contributed by atoms with Gasteiger partial charge in [0.1, 0.15) is 0 Å². The van der Waals surface area contributed by atoms with Crippen LogP contribution in [0.25, 0.3) is 0 Å². The summed E-state index contributed by atoms with van der Waals surface area (Å²) in [5.74, 6) is 0.470. The Labute approximate surface area is 96.5 Å². The van der Waals surface area contributed by atoms with E-state index in [1.54, 1.807) is 0 Å². The molecule has 1 fully saturated rings. The van der Waals surface area contributed by atoms with Gasteiger partial charge in [-0.1, -0.05) is 0 Å². The average Bonchev–Trinajstić information content (AvgIpc) is 2.75. The number of anilines is 1. The number of likely N-dealkylation sites (tertiary alicyclic amines) is 1. The molecule has 1 atom stereocenters. The molecule has 1 unspecified atom stereocenters. The lowest BCUT2D eigenvalue weighted by molar-refractivity contribution is 0.0924. The van der Waals surface area contributed by atoms with Crippen LogP contribution < -0.4 is 5.32 Å². The molecular weight excluding hydrogens is 200 g/mol. The first-order valence-corrected chi connectivity index (χ1v) is 5.71. The van der Waals surface area contributed by atoms with Crippen LogP contribution in [0, 0.1) is 5.92 Å². The molecule has 0 radical (unpaired) electrons. The summed E-state index contributed by atoms with van der Waals surface area (Å²) < 4.78 is 0. The Kier molecular flexibility index (Phi) is 3.25. The summed E-state index contributed by atoms with van der Waals surface area (Å²) in [6.07, 6.45) is 0.989. The lowest BCUT2D eigenvalue weighted by atomic mass is 9.97. The number of hydrogen-bond acceptors (Lipinski definition) is 3. The van der Waals surface area contributed by atoms with Crippen molar-refractivity contribution in [2.24, 2.45) is 5.92 Å². The van der Waals surface area contributed by atoms with Crippen LogP contribution in [0.1, 0.15) is 16.8 Å². The highest BCUT2D eigenvalue weighted by Crippen LogP contribution is 2.20. The van der Waals surface area contributed by atoms with Gasteiger partial charge in [0.15, 0.2) is 5.78 Å². The average molecular weight is 218 g/mol. The highest BCUT2D eigenvalue weighted by molar-refractivity contribution is 5.98. The third-order valence-electron chi connectivity index (χ3n) is 3.22. The number of carbonyl (C=O) groups excluding carboxylic acids is 1. The minimum Gasteiger partial charge on any atom is -0.388 e. The van der Waals surface area contributed by atoms with Gasteiger partial charge in [-0.25, -0.2) is 0 Å². The fourth-order valence-electron chi connectivity index (χ4n) is 2.19. The summed E-state index contributed by atoms with van der Waals surface area (Å²) in [6.45, 7) is 1.93. The van der Waals surface area contributed by atoms with E-state index in [-0.39, 0.29) is 11.7 Å². The minimum atomic E-state index is 0.186. The van der Waals surface area contributed by atoms with E-state index in [4.69, 9.17) is 0 Å². The summed E-state index contributed by atoms with van der Waals surface area (Å²) in [7, 11) is 3.94. The van der Waals surface area contributed by atoms with Crippen molar-refractivity contribution in [1.82, 2.24) is 4.90 Å². The highest BCUT2D eigenvalue weighted by atomic mass is 16.1. The van der Waals surface area contributed by atoms with Crippen LogP contribution >= 0.6 is 0 Å². The molecule has 1 aliphatic rings. The third kappa shape index (κ3) is 2.25. The van der Waals surface area contributed by atoms with Crippen molar-refractivity contribution in [2.45, 2.75) is 6.42 Å². The molecule has 1 aromatic rings. The zero-order valence-corrected chi connectivity index (χ0v) is 9.86. The zero-order valence-electron chi connectivity index (χ0n) is 9.86. The molecule has 3 heteroatoms. The Bertz CT molecular complexity index is 372. The van der Waals surface area contributed by atoms with Crippen molar-refractivity contribution in [2.75, 3.05) is 32.5 Å². The van der Waals surface area contributed by atoms with Gasteiger partial charge >= 0.3 is 0 Å². The van der Waals surface area contributed by atoms with Crippen LogP contribution in [-0.2, 0) is 0 Å². The SMILES string of the molecule is CNc1ccc(C(=O)C2CCN(C)C2)cc1. The molecule has 0 bridgehead atoms. The molecule has 2 rings (SSSR count). The lowest BCUT2D eigenvalue weighted by Gasteiger charge is -2.09. The quantitative estimate of drug-likeness (QED) is 0.786. The van der Waals surface area contributed by atoms with E-state index in [0.29, 0.717) is 0 Å². The summed E-state index contributed by atoms with van der Waals surface area (Å²) in [5.41, 5.74) is 1.87. The first-order chi connectivity index (χ1) is 7.70. The molecule has 1 saturated heterocycles. The van der Waals surface area contributed by atoms with Gasteiger partial charge in [-0.15, -0.1) is 0 Å². The second kappa shape index (κ2) is 4.66. The number of Topliss-reactive ketones (excluding diaryl/α,β-unsaturated/α-hetero) is 1. The Morgan fingerprint density at radius 3 is 2.56 bits per heavy atom. The molecule has 16 heavy (non-hydrogen) atoms. The molecule has 0 spiro atoms. The lowest BCUT2D eigenvalue weighted by Crippen LogP contribution is -2.19. The molecule has 1 N–H and O–H groups in total. The monoisotopic (exact) mass is 218 g/mol. The Balaban J connectivity index is 2.08. The maximum atomic E-state index is 12.1. The second-order valence-electron chi connectivity index (χ2n) is 4.44. The minimum absolute atomic E-state index is 0.186. The molecule has 1 heterocycles. The molecule has 1 aliphatic heterocycles. The normalized spacial score (nSPS) is 21.0. The second-order valence-corrected chi connectivity index (χ2v) is 4.44. The van der Waals surface area contributed by atoms with Crippen molar-refractivity contribution >= 4 is 11.5 Å². The zero-order chi connectivity index (χ0) is 11.5. The highest BCUT2D eigenvalue weighted by Gasteiger charge is 2.26. The van der Waals surface area contributed by atoms with Crippen LogP contribution in [0.3, 0.4) is 0 Å². The molecule has 0 saturated carbocycles. The van der Waals surface area contributed by atoms with E-state index in [1.165, 1.54) is 0 Å². The summed E-state index contributed by atoms with van der Waals surface area (Å²) in [6, 6.07) is 7.72. The van der Waals surface area contributed by atoms with Crippen molar-refractivity contribution in [1.29, 1.82) is 0 Å². The third-order valence-corrected chi connectivity index (χ3v) is 3.22. The first-order valence-electron chi connectivity index (χ1n) is 5.71. The molecule has 0 amide bonds. The Morgan fingerprint density at radius 2 is 2.06 bits per heavy atom. The number of hydrogen-bond donors (Lipinski definition) is 1. The molecular formula is C13H18N2O. The number of carbonyl (C=O) groups is 1. The van der Waals surface area contributed by atoms with Crippen molar-refractivity contribution < 1.29 is 4.79 Å². The first kappa shape index (κ1) is 11.1. The molecule has 1 aromatic carbocycles. The standard InChI is InChI=1S/C13H18N2O/c1-14-12-5-3-10(4-6-12)13(16)11-7-8-15(2)9-11/h3-6,11,14H,7-9H2,1-2H3. The smallest absolute Gasteiger partial charge is 0.167 e. The maximum Gasteiger partial charge on any atom is 0.167 e. The van der Waals surface area contributed by atoms with E-state index < -0.39 is 0 Å². The topological polar surface area (TPSA) is 32.3 Å². The fraction of sp³-hybridized carbons (Fsp3) is 0.462. The number of benzene rings is 1. The van der Waals surface area contributed by atoms with E-state index in [0.717, 1.165) is 30.8 Å². The number of nitrogens with one attached hydrogen (secondary N) is 1. The van der Waals surface area contributed by atoms with Gasteiger partial charge in [0.05, 0.1) is 0 Å².